The predicted molar refractivity (Wildman–Crippen MR) is 48.2 cm³/mol. The van der Waals surface area contributed by atoms with Crippen molar-refractivity contribution in [2.24, 2.45) is 4.99 Å². The van der Waals surface area contributed by atoms with E-state index in [4.69, 9.17) is 0 Å². The number of halogens is 3. The van der Waals surface area contributed by atoms with E-state index in [1.54, 1.807) is 0 Å². The molecule has 0 heterocycles. The van der Waals surface area contributed by atoms with E-state index in [0.717, 1.165) is 5.69 Å². The van der Waals surface area contributed by atoms with Crippen LogP contribution in [0.5, 0.6) is 0 Å². The van der Waals surface area contributed by atoms with Gasteiger partial charge in [-0.2, -0.15) is 18.2 Å². The van der Waals surface area contributed by atoms with Gasteiger partial charge in [0.25, 0.3) is 0 Å². The quantitative estimate of drug-likeness (QED) is 0.504. The summed E-state index contributed by atoms with van der Waals surface area (Å²) in [4.78, 5) is 3.77. The highest BCUT2D eigenvalue weighted by Crippen LogP contribution is 2.07. The number of hydrogen-bond donors (Lipinski definition) is 0. The molecule has 0 N–H and O–H groups in total. The largest absolute Gasteiger partial charge is 0.379 e. The molecule has 0 radical (unpaired) electrons. The summed E-state index contributed by atoms with van der Waals surface area (Å²) in [5.41, 5.74) is 0.854. The molecule has 1 rings (SSSR count). The summed E-state index contributed by atoms with van der Waals surface area (Å²) in [5, 5.41) is 2.29. The third-order valence-corrected chi connectivity index (χ3v) is 1.02. The third kappa shape index (κ3) is 8.72. The number of thiocarbonyl (C=S) groups is 1. The van der Waals surface area contributed by atoms with Crippen molar-refractivity contribution < 1.29 is 13.2 Å². The maximum absolute atomic E-state index is 9.67. The minimum Gasteiger partial charge on any atom is -0.195 e. The third-order valence-electron chi connectivity index (χ3n) is 0.931. The molecular formula is C8H6F3NS. The minimum atomic E-state index is -3.67. The fraction of sp³-hybridized carbons (Fsp3) is 0.125. The second-order valence-corrected chi connectivity index (χ2v) is 1.97. The molecule has 0 fully saturated rings. The number of aliphatic imine (C=N–C) groups is 1. The molecule has 1 aromatic carbocycles. The van der Waals surface area contributed by atoms with Crippen LogP contribution >= 0.6 is 12.2 Å². The van der Waals surface area contributed by atoms with Crippen LogP contribution < -0.4 is 0 Å². The molecule has 1 aromatic rings. The smallest absolute Gasteiger partial charge is 0.195 e. The zero-order valence-corrected chi connectivity index (χ0v) is 7.27. The van der Waals surface area contributed by atoms with E-state index in [1.165, 1.54) is 0 Å². The lowest BCUT2D eigenvalue weighted by Crippen LogP contribution is -1.65. The molecule has 0 spiro atoms. The summed E-state index contributed by atoms with van der Waals surface area (Å²) >= 11 is 4.42. The van der Waals surface area contributed by atoms with Gasteiger partial charge in [-0.25, -0.2) is 0 Å². The Kier molecular flexibility index (Phi) is 6.78. The van der Waals surface area contributed by atoms with Gasteiger partial charge < -0.3 is 0 Å². The Bertz CT molecular complexity index is 267. The van der Waals surface area contributed by atoms with E-state index >= 15 is 0 Å². The Morgan fingerprint density at radius 2 is 1.62 bits per heavy atom. The lowest BCUT2D eigenvalue weighted by molar-refractivity contribution is 0.00819. The van der Waals surface area contributed by atoms with E-state index in [1.807, 2.05) is 30.3 Å². The topological polar surface area (TPSA) is 12.4 Å². The number of isothiocyanates is 1. The molecule has 0 saturated heterocycles. The maximum atomic E-state index is 9.67. The first-order valence-electron chi connectivity index (χ1n) is 3.22. The molecule has 0 aromatic heterocycles. The Labute approximate surface area is 78.9 Å². The lowest BCUT2D eigenvalue weighted by Gasteiger charge is -1.83. The number of rotatable bonds is 1. The molecule has 0 amide bonds. The van der Waals surface area contributed by atoms with Gasteiger partial charge in [0.05, 0.1) is 10.8 Å². The van der Waals surface area contributed by atoms with Gasteiger partial charge in [-0.15, -0.1) is 0 Å². The van der Waals surface area contributed by atoms with Gasteiger partial charge in [0.15, 0.2) is 0 Å². The van der Waals surface area contributed by atoms with E-state index in [-0.39, 0.29) is 0 Å². The Morgan fingerprint density at radius 1 is 1.15 bits per heavy atom. The van der Waals surface area contributed by atoms with Gasteiger partial charge >= 0.3 is 6.68 Å². The second-order valence-electron chi connectivity index (χ2n) is 1.79. The first kappa shape index (κ1) is 11.8. The Morgan fingerprint density at radius 3 is 2.00 bits per heavy atom. The number of para-hydroxylation sites is 1. The zero-order chi connectivity index (χ0) is 10.1. The SMILES string of the molecule is FC(F)F.S=C=Nc1ccccc1. The van der Waals surface area contributed by atoms with Crippen molar-refractivity contribution in [3.8, 4) is 0 Å². The summed E-state index contributed by atoms with van der Waals surface area (Å²) in [6.45, 7) is -3.67. The number of benzene rings is 1. The van der Waals surface area contributed by atoms with Crippen LogP contribution in [0.25, 0.3) is 0 Å². The molecule has 13 heavy (non-hydrogen) atoms. The average molecular weight is 205 g/mol. The molecule has 70 valence electrons. The van der Waals surface area contributed by atoms with Crippen molar-refractivity contribution in [1.82, 2.24) is 0 Å². The van der Waals surface area contributed by atoms with Crippen molar-refractivity contribution in [3.63, 3.8) is 0 Å². The molecule has 0 aliphatic heterocycles. The molecule has 1 nitrogen and oxygen atoms in total. The summed E-state index contributed by atoms with van der Waals surface area (Å²) in [6, 6.07) is 9.50. The first-order valence-corrected chi connectivity index (χ1v) is 3.62. The summed E-state index contributed by atoms with van der Waals surface area (Å²) in [5.74, 6) is 0. The van der Waals surface area contributed by atoms with Crippen LogP contribution in [-0.2, 0) is 0 Å². The standard InChI is InChI=1S/C7H5NS.CHF3/c9-6-8-7-4-2-1-3-5-7;2-1(3)4/h1-5H;1H. The van der Waals surface area contributed by atoms with Gasteiger partial charge in [0.2, 0.25) is 0 Å². The summed E-state index contributed by atoms with van der Waals surface area (Å²) in [6.07, 6.45) is 0. The maximum Gasteiger partial charge on any atom is 0.379 e. The van der Waals surface area contributed by atoms with E-state index in [2.05, 4.69) is 22.4 Å². The van der Waals surface area contributed by atoms with Crippen LogP contribution in [-0.4, -0.2) is 11.8 Å². The van der Waals surface area contributed by atoms with Gasteiger partial charge in [0.1, 0.15) is 0 Å². The lowest BCUT2D eigenvalue weighted by atomic mass is 10.3. The molecule has 0 atom stereocenters. The van der Waals surface area contributed by atoms with Crippen LogP contribution in [0, 0.1) is 0 Å². The summed E-state index contributed by atoms with van der Waals surface area (Å²) < 4.78 is 29.0. The van der Waals surface area contributed by atoms with Crippen LogP contribution in [0.3, 0.4) is 0 Å². The highest BCUT2D eigenvalue weighted by Gasteiger charge is 1.86. The van der Waals surface area contributed by atoms with E-state index in [0.29, 0.717) is 0 Å². The fourth-order valence-corrected chi connectivity index (χ4v) is 0.661. The van der Waals surface area contributed by atoms with Gasteiger partial charge in [0, 0.05) is 0 Å². The molecule has 5 heteroatoms. The monoisotopic (exact) mass is 205 g/mol. The van der Waals surface area contributed by atoms with Crippen LogP contribution in [0.2, 0.25) is 0 Å². The number of alkyl halides is 3. The van der Waals surface area contributed by atoms with Crippen molar-refractivity contribution in [2.75, 3.05) is 0 Å². The van der Waals surface area contributed by atoms with Crippen LogP contribution in [0.15, 0.2) is 35.3 Å². The normalized spacial score (nSPS) is 8.31. The molecule has 0 aliphatic rings. The second kappa shape index (κ2) is 7.46. The molecule has 0 aliphatic carbocycles. The zero-order valence-electron chi connectivity index (χ0n) is 6.45. The number of nitrogens with zero attached hydrogens (tertiary/aromatic N) is 1. The van der Waals surface area contributed by atoms with Gasteiger partial charge in [-0.1, -0.05) is 18.2 Å². The Balaban J connectivity index is 0.000000310. The average Bonchev–Trinajstić information content (AvgIpc) is 2.06. The first-order chi connectivity index (χ1) is 6.16. The van der Waals surface area contributed by atoms with Gasteiger partial charge in [-0.05, 0) is 24.4 Å². The predicted octanol–water partition coefficient (Wildman–Crippen LogP) is 3.60. The molecular weight excluding hydrogens is 199 g/mol. The fourth-order valence-electron chi connectivity index (χ4n) is 0.555. The summed E-state index contributed by atoms with van der Waals surface area (Å²) in [7, 11) is 0. The van der Waals surface area contributed by atoms with Crippen LogP contribution in [0.4, 0.5) is 18.9 Å². The van der Waals surface area contributed by atoms with Crippen molar-refractivity contribution in [2.45, 2.75) is 6.68 Å². The highest BCUT2D eigenvalue weighted by atomic mass is 32.1. The van der Waals surface area contributed by atoms with E-state index in [9.17, 15) is 13.2 Å². The van der Waals surface area contributed by atoms with Crippen molar-refractivity contribution in [1.29, 1.82) is 0 Å². The number of hydrogen-bond acceptors (Lipinski definition) is 2. The molecule has 0 bridgehead atoms. The minimum absolute atomic E-state index is 0.854. The molecule has 0 saturated carbocycles. The molecule has 0 unspecified atom stereocenters. The van der Waals surface area contributed by atoms with Gasteiger partial charge in [-0.3, -0.25) is 0 Å². The van der Waals surface area contributed by atoms with Crippen molar-refractivity contribution in [3.05, 3.63) is 30.3 Å². The van der Waals surface area contributed by atoms with E-state index < -0.39 is 6.68 Å². The van der Waals surface area contributed by atoms with Crippen LogP contribution in [0.1, 0.15) is 0 Å². The Hall–Kier alpha value is -1.19. The van der Waals surface area contributed by atoms with Crippen molar-refractivity contribution >= 4 is 23.1 Å². The highest BCUT2D eigenvalue weighted by molar-refractivity contribution is 7.78.